The highest BCUT2D eigenvalue weighted by Crippen LogP contribution is 2.23. The molecule has 0 amide bonds. The molecule has 0 spiro atoms. The van der Waals surface area contributed by atoms with E-state index in [0.29, 0.717) is 0 Å². The summed E-state index contributed by atoms with van der Waals surface area (Å²) in [7, 11) is 0. The van der Waals surface area contributed by atoms with E-state index in [4.69, 9.17) is 0 Å². The molecule has 0 radical (unpaired) electrons. The van der Waals surface area contributed by atoms with E-state index in [1.807, 2.05) is 19.9 Å². The topological polar surface area (TPSA) is 20.2 Å². The molecule has 16 heavy (non-hydrogen) atoms. The van der Waals surface area contributed by atoms with E-state index in [2.05, 4.69) is 18.7 Å². The summed E-state index contributed by atoms with van der Waals surface area (Å²) in [6.45, 7) is 6.12. The van der Waals surface area contributed by atoms with Crippen molar-refractivity contribution in [3.8, 4) is 0 Å². The average Bonchev–Trinajstić information content (AvgIpc) is 2.36. The number of hydrogen-bond acceptors (Lipinski definition) is 1. The Balaban J connectivity index is 2.82. The van der Waals surface area contributed by atoms with Crippen molar-refractivity contribution in [2.45, 2.75) is 64.9 Å². The third kappa shape index (κ3) is 3.66. The van der Waals surface area contributed by atoms with Crippen LogP contribution in [0, 0.1) is 0 Å². The van der Waals surface area contributed by atoms with Crippen LogP contribution < -0.4 is 0 Å². The summed E-state index contributed by atoms with van der Waals surface area (Å²) in [4.78, 5) is 0. The van der Waals surface area contributed by atoms with Gasteiger partial charge in [0.25, 0.3) is 0 Å². The Kier molecular flexibility index (Phi) is 5.05. The second kappa shape index (κ2) is 6.08. The van der Waals surface area contributed by atoms with E-state index >= 15 is 0 Å². The molecule has 0 saturated carbocycles. The van der Waals surface area contributed by atoms with Gasteiger partial charge >= 0.3 is 0 Å². The van der Waals surface area contributed by atoms with Gasteiger partial charge in [-0.15, -0.1) is 5.73 Å². The second-order valence-electron chi connectivity index (χ2n) is 4.70. The molecule has 0 aromatic carbocycles. The Morgan fingerprint density at radius 2 is 2.12 bits per heavy atom. The van der Waals surface area contributed by atoms with Crippen LogP contribution in [0.15, 0.2) is 29.0 Å². The van der Waals surface area contributed by atoms with Crippen molar-refractivity contribution in [2.24, 2.45) is 0 Å². The minimum Gasteiger partial charge on any atom is -0.385 e. The standard InChI is InChI=1S/C15H24O/c1-4-15(16,5-2)12-11-13(3)14-9-7-6-8-10-14/h9,12,16H,4-8,10H2,1-3H3. The van der Waals surface area contributed by atoms with Crippen LogP contribution in [0.1, 0.15) is 59.3 Å². The summed E-state index contributed by atoms with van der Waals surface area (Å²) in [6, 6.07) is 0. The maximum Gasteiger partial charge on any atom is 0.0895 e. The van der Waals surface area contributed by atoms with Gasteiger partial charge in [0.1, 0.15) is 0 Å². The highest BCUT2D eigenvalue weighted by Gasteiger charge is 2.17. The zero-order valence-electron chi connectivity index (χ0n) is 10.8. The van der Waals surface area contributed by atoms with Crippen LogP contribution in [0.2, 0.25) is 0 Å². The van der Waals surface area contributed by atoms with E-state index < -0.39 is 5.60 Å². The summed E-state index contributed by atoms with van der Waals surface area (Å²) in [5, 5.41) is 10.1. The quantitative estimate of drug-likeness (QED) is 0.706. The van der Waals surface area contributed by atoms with Crippen molar-refractivity contribution in [3.63, 3.8) is 0 Å². The maximum atomic E-state index is 10.1. The zero-order valence-corrected chi connectivity index (χ0v) is 10.8. The molecular weight excluding hydrogens is 196 g/mol. The van der Waals surface area contributed by atoms with Crippen LogP contribution in [0.4, 0.5) is 0 Å². The van der Waals surface area contributed by atoms with E-state index in [-0.39, 0.29) is 0 Å². The second-order valence-corrected chi connectivity index (χ2v) is 4.70. The van der Waals surface area contributed by atoms with E-state index in [1.165, 1.54) is 36.8 Å². The number of hydrogen-bond donors (Lipinski definition) is 1. The molecule has 90 valence electrons. The molecule has 1 heteroatoms. The van der Waals surface area contributed by atoms with Gasteiger partial charge in [-0.1, -0.05) is 19.9 Å². The molecule has 1 N–H and O–H groups in total. The van der Waals surface area contributed by atoms with Crippen LogP contribution in [-0.4, -0.2) is 10.7 Å². The van der Waals surface area contributed by atoms with Crippen LogP contribution in [0.25, 0.3) is 0 Å². The lowest BCUT2D eigenvalue weighted by Gasteiger charge is -2.19. The normalized spacial score (nSPS) is 16.4. The van der Waals surface area contributed by atoms with Crippen molar-refractivity contribution in [1.82, 2.24) is 0 Å². The lowest BCUT2D eigenvalue weighted by Crippen LogP contribution is -2.22. The minimum atomic E-state index is -0.670. The summed E-state index contributed by atoms with van der Waals surface area (Å²) in [6.07, 6.45) is 10.6. The number of aliphatic hydroxyl groups is 1. The molecule has 0 bridgehead atoms. The van der Waals surface area contributed by atoms with E-state index in [9.17, 15) is 5.11 Å². The predicted octanol–water partition coefficient (Wildman–Crippen LogP) is 4.14. The predicted molar refractivity (Wildman–Crippen MR) is 69.4 cm³/mol. The summed E-state index contributed by atoms with van der Waals surface area (Å²) < 4.78 is 0. The molecule has 1 nitrogen and oxygen atoms in total. The third-order valence-electron chi connectivity index (χ3n) is 3.55. The SMILES string of the molecule is CCC(O)(C=C=C(C)C1=CCCCC1)CC. The molecule has 0 saturated heterocycles. The molecule has 1 aliphatic rings. The van der Waals surface area contributed by atoms with Crippen LogP contribution >= 0.6 is 0 Å². The fraction of sp³-hybridized carbons (Fsp3) is 0.667. The lowest BCUT2D eigenvalue weighted by atomic mass is 9.93. The first-order chi connectivity index (χ1) is 7.61. The Bertz CT molecular complexity index is 312. The lowest BCUT2D eigenvalue weighted by molar-refractivity contribution is 0.0830. The molecule has 1 rings (SSSR count). The van der Waals surface area contributed by atoms with Crippen LogP contribution in [0.5, 0.6) is 0 Å². The van der Waals surface area contributed by atoms with Gasteiger partial charge in [0.05, 0.1) is 5.60 Å². The average molecular weight is 220 g/mol. The zero-order chi connectivity index (χ0) is 12.0. The third-order valence-corrected chi connectivity index (χ3v) is 3.55. The monoisotopic (exact) mass is 220 g/mol. The number of rotatable bonds is 4. The summed E-state index contributed by atoms with van der Waals surface area (Å²) in [5.41, 5.74) is 5.21. The molecule has 0 aliphatic heterocycles. The number of allylic oxidation sites excluding steroid dienone is 2. The molecule has 0 aromatic heterocycles. The molecular formula is C15H24O. The van der Waals surface area contributed by atoms with Crippen molar-refractivity contribution >= 4 is 0 Å². The molecule has 0 fully saturated rings. The molecule has 1 aliphatic carbocycles. The van der Waals surface area contributed by atoms with Crippen molar-refractivity contribution < 1.29 is 5.11 Å². The van der Waals surface area contributed by atoms with Gasteiger partial charge in [0, 0.05) is 0 Å². The highest BCUT2D eigenvalue weighted by atomic mass is 16.3. The molecule has 0 unspecified atom stereocenters. The van der Waals surface area contributed by atoms with E-state index in [1.54, 1.807) is 0 Å². The summed E-state index contributed by atoms with van der Waals surface area (Å²) in [5.74, 6) is 0. The van der Waals surface area contributed by atoms with E-state index in [0.717, 1.165) is 12.8 Å². The van der Waals surface area contributed by atoms with Gasteiger partial charge in [-0.3, -0.25) is 0 Å². The van der Waals surface area contributed by atoms with Gasteiger partial charge in [-0.05, 0) is 62.7 Å². The first-order valence-electron chi connectivity index (χ1n) is 6.47. The minimum absolute atomic E-state index is 0.670. The Morgan fingerprint density at radius 1 is 1.44 bits per heavy atom. The molecule has 0 heterocycles. The highest BCUT2D eigenvalue weighted by molar-refractivity contribution is 5.30. The van der Waals surface area contributed by atoms with Gasteiger partial charge in [-0.2, -0.15) is 0 Å². The Hall–Kier alpha value is -0.780. The maximum absolute atomic E-state index is 10.1. The fourth-order valence-corrected chi connectivity index (χ4v) is 1.97. The Labute approximate surface area is 99.6 Å². The van der Waals surface area contributed by atoms with Gasteiger partial charge in [-0.25, -0.2) is 0 Å². The molecule has 0 aromatic rings. The van der Waals surface area contributed by atoms with Crippen LogP contribution in [0.3, 0.4) is 0 Å². The largest absolute Gasteiger partial charge is 0.385 e. The van der Waals surface area contributed by atoms with Crippen molar-refractivity contribution in [1.29, 1.82) is 0 Å². The first kappa shape index (κ1) is 13.3. The first-order valence-corrected chi connectivity index (χ1v) is 6.47. The van der Waals surface area contributed by atoms with Gasteiger partial charge < -0.3 is 5.11 Å². The fourth-order valence-electron chi connectivity index (χ4n) is 1.97. The van der Waals surface area contributed by atoms with Gasteiger partial charge in [0.2, 0.25) is 0 Å². The van der Waals surface area contributed by atoms with Gasteiger partial charge in [0.15, 0.2) is 0 Å². The molecule has 0 atom stereocenters. The Morgan fingerprint density at radius 3 is 2.62 bits per heavy atom. The van der Waals surface area contributed by atoms with Crippen molar-refractivity contribution in [3.05, 3.63) is 29.0 Å². The van der Waals surface area contributed by atoms with Crippen molar-refractivity contribution in [2.75, 3.05) is 0 Å². The smallest absolute Gasteiger partial charge is 0.0895 e. The summed E-state index contributed by atoms with van der Waals surface area (Å²) >= 11 is 0. The van der Waals surface area contributed by atoms with Crippen LogP contribution in [-0.2, 0) is 0 Å².